The third-order valence-corrected chi connectivity index (χ3v) is 5.63. The highest BCUT2D eigenvalue weighted by Gasteiger charge is 2.36. The zero-order chi connectivity index (χ0) is 13.9. The van der Waals surface area contributed by atoms with E-state index >= 15 is 0 Å². The quantitative estimate of drug-likeness (QED) is 0.896. The lowest BCUT2D eigenvalue weighted by Gasteiger charge is -2.33. The summed E-state index contributed by atoms with van der Waals surface area (Å²) in [6.45, 7) is 2.31. The van der Waals surface area contributed by atoms with Crippen LogP contribution in [0.15, 0.2) is 18.2 Å². The summed E-state index contributed by atoms with van der Waals surface area (Å²) in [6, 6.07) is 5.62. The molecule has 2 rings (SSSR count). The molecule has 0 bridgehead atoms. The molecule has 2 atom stereocenters. The van der Waals surface area contributed by atoms with Gasteiger partial charge in [-0.1, -0.05) is 6.07 Å². The minimum absolute atomic E-state index is 0.255. The van der Waals surface area contributed by atoms with Crippen molar-refractivity contribution < 1.29 is 9.13 Å². The molecule has 0 saturated carbocycles. The van der Waals surface area contributed by atoms with E-state index in [2.05, 4.69) is 12.2 Å². The second-order valence-electron chi connectivity index (χ2n) is 5.28. The predicted molar refractivity (Wildman–Crippen MR) is 79.6 cm³/mol. The molecule has 4 heteroatoms. The van der Waals surface area contributed by atoms with E-state index in [-0.39, 0.29) is 10.6 Å². The second-order valence-corrected chi connectivity index (χ2v) is 6.91. The van der Waals surface area contributed by atoms with Gasteiger partial charge in [0.05, 0.1) is 7.11 Å². The maximum absolute atomic E-state index is 13.7. The van der Waals surface area contributed by atoms with Gasteiger partial charge in [0.15, 0.2) is 11.6 Å². The van der Waals surface area contributed by atoms with Crippen LogP contribution in [-0.4, -0.2) is 30.7 Å². The first kappa shape index (κ1) is 14.7. The molecular weight excluding hydrogens is 261 g/mol. The molecule has 106 valence electrons. The van der Waals surface area contributed by atoms with Crippen LogP contribution >= 0.6 is 11.8 Å². The van der Waals surface area contributed by atoms with Crippen LogP contribution in [0.5, 0.6) is 5.75 Å². The molecule has 1 fully saturated rings. The van der Waals surface area contributed by atoms with Gasteiger partial charge in [0.25, 0.3) is 0 Å². The van der Waals surface area contributed by atoms with Crippen molar-refractivity contribution in [3.8, 4) is 5.75 Å². The summed E-state index contributed by atoms with van der Waals surface area (Å²) in [5.74, 6) is 1.26. The van der Waals surface area contributed by atoms with Crippen LogP contribution in [0, 0.1) is 5.82 Å². The van der Waals surface area contributed by atoms with Gasteiger partial charge in [0.2, 0.25) is 0 Å². The van der Waals surface area contributed by atoms with Crippen molar-refractivity contribution in [1.29, 1.82) is 0 Å². The van der Waals surface area contributed by atoms with Crippen LogP contribution < -0.4 is 10.1 Å². The van der Waals surface area contributed by atoms with Crippen LogP contribution in [0.4, 0.5) is 4.39 Å². The summed E-state index contributed by atoms with van der Waals surface area (Å²) in [5.41, 5.74) is 1.02. The van der Waals surface area contributed by atoms with Gasteiger partial charge in [0.1, 0.15) is 0 Å². The molecule has 1 aliphatic heterocycles. The number of rotatable bonds is 5. The topological polar surface area (TPSA) is 21.3 Å². The van der Waals surface area contributed by atoms with Gasteiger partial charge in [-0.15, -0.1) is 0 Å². The molecule has 0 spiro atoms. The minimum Gasteiger partial charge on any atom is -0.494 e. The summed E-state index contributed by atoms with van der Waals surface area (Å²) in [6.07, 6.45) is 3.35. The average molecular weight is 283 g/mol. The Labute approximate surface area is 119 Å². The first-order chi connectivity index (χ1) is 9.09. The van der Waals surface area contributed by atoms with E-state index in [9.17, 15) is 4.39 Å². The Morgan fingerprint density at radius 2 is 2.32 bits per heavy atom. The van der Waals surface area contributed by atoms with E-state index in [4.69, 9.17) is 4.74 Å². The number of likely N-dealkylation sites (N-methyl/N-ethyl adjacent to an activating group) is 1. The van der Waals surface area contributed by atoms with Crippen molar-refractivity contribution in [1.82, 2.24) is 5.32 Å². The first-order valence-electron chi connectivity index (χ1n) is 6.72. The van der Waals surface area contributed by atoms with Gasteiger partial charge >= 0.3 is 0 Å². The number of hydrogen-bond donors (Lipinski definition) is 1. The third kappa shape index (κ3) is 3.23. The zero-order valence-electron chi connectivity index (χ0n) is 11.8. The van der Waals surface area contributed by atoms with E-state index in [1.807, 2.05) is 24.9 Å². The highest BCUT2D eigenvalue weighted by molar-refractivity contribution is 8.00. The highest BCUT2D eigenvalue weighted by Crippen LogP contribution is 2.41. The Kier molecular flexibility index (Phi) is 4.74. The highest BCUT2D eigenvalue weighted by atomic mass is 32.2. The van der Waals surface area contributed by atoms with Gasteiger partial charge in [-0.2, -0.15) is 11.8 Å². The Balaban J connectivity index is 2.12. The summed E-state index contributed by atoms with van der Waals surface area (Å²) < 4.78 is 18.9. The molecule has 1 aliphatic rings. The number of methoxy groups -OCH3 is 1. The van der Waals surface area contributed by atoms with Crippen LogP contribution in [0.1, 0.15) is 25.3 Å². The fourth-order valence-electron chi connectivity index (χ4n) is 2.77. The Morgan fingerprint density at radius 3 is 2.84 bits per heavy atom. The van der Waals surface area contributed by atoms with Gasteiger partial charge < -0.3 is 10.1 Å². The fraction of sp³-hybridized carbons (Fsp3) is 0.600. The molecule has 0 aromatic heterocycles. The van der Waals surface area contributed by atoms with Crippen LogP contribution in [0.3, 0.4) is 0 Å². The zero-order valence-corrected chi connectivity index (χ0v) is 12.6. The predicted octanol–water partition coefficient (Wildman–Crippen LogP) is 3.25. The Hall–Kier alpha value is -0.740. The molecule has 1 aromatic carbocycles. The number of halogens is 1. The van der Waals surface area contributed by atoms with Crippen molar-refractivity contribution in [3.05, 3.63) is 29.6 Å². The Morgan fingerprint density at radius 1 is 1.53 bits per heavy atom. The van der Waals surface area contributed by atoms with E-state index < -0.39 is 0 Å². The van der Waals surface area contributed by atoms with Gasteiger partial charge in [-0.05, 0) is 56.7 Å². The molecule has 1 saturated heterocycles. The number of thioether (sulfide) groups is 1. The standard InChI is InChI=1S/C15H22FNOS/c1-15(7-4-8-19-15)14(17-2)10-11-5-6-13(18-3)12(16)9-11/h5-6,9,14,17H,4,7-8,10H2,1-3H3. The number of nitrogens with one attached hydrogen (secondary N) is 1. The SMILES string of the molecule is CNC(Cc1ccc(OC)c(F)c1)C1(C)CCCS1. The lowest BCUT2D eigenvalue weighted by molar-refractivity contribution is 0.385. The van der Waals surface area contributed by atoms with Gasteiger partial charge in [-0.3, -0.25) is 0 Å². The van der Waals surface area contributed by atoms with Crippen LogP contribution in [-0.2, 0) is 6.42 Å². The maximum atomic E-state index is 13.7. The van der Waals surface area contributed by atoms with Crippen molar-refractivity contribution in [3.63, 3.8) is 0 Å². The molecule has 1 aromatic rings. The van der Waals surface area contributed by atoms with Crippen molar-refractivity contribution >= 4 is 11.8 Å². The van der Waals surface area contributed by atoms with Crippen LogP contribution in [0.25, 0.3) is 0 Å². The summed E-state index contributed by atoms with van der Waals surface area (Å²) in [7, 11) is 3.49. The van der Waals surface area contributed by atoms with E-state index in [0.717, 1.165) is 12.0 Å². The van der Waals surface area contributed by atoms with Crippen molar-refractivity contribution in [2.45, 2.75) is 37.0 Å². The molecule has 1 N–H and O–H groups in total. The average Bonchev–Trinajstić information content (AvgIpc) is 2.84. The first-order valence-corrected chi connectivity index (χ1v) is 7.71. The third-order valence-electron chi connectivity index (χ3n) is 3.99. The maximum Gasteiger partial charge on any atom is 0.165 e. The molecule has 0 radical (unpaired) electrons. The number of ether oxygens (including phenoxy) is 1. The second kappa shape index (κ2) is 6.14. The normalized spacial score (nSPS) is 24.4. The fourth-order valence-corrected chi connectivity index (χ4v) is 4.22. The monoisotopic (exact) mass is 283 g/mol. The van der Waals surface area contributed by atoms with Gasteiger partial charge in [-0.25, -0.2) is 4.39 Å². The summed E-state index contributed by atoms with van der Waals surface area (Å²) >= 11 is 2.03. The van der Waals surface area contributed by atoms with Crippen molar-refractivity contribution in [2.75, 3.05) is 19.9 Å². The number of hydrogen-bond acceptors (Lipinski definition) is 3. The smallest absolute Gasteiger partial charge is 0.165 e. The van der Waals surface area contributed by atoms with E-state index in [1.54, 1.807) is 12.1 Å². The largest absolute Gasteiger partial charge is 0.494 e. The summed E-state index contributed by atoms with van der Waals surface area (Å²) in [4.78, 5) is 0. The van der Waals surface area contributed by atoms with Gasteiger partial charge in [0, 0.05) is 10.8 Å². The molecule has 2 nitrogen and oxygen atoms in total. The molecular formula is C15H22FNOS. The van der Waals surface area contributed by atoms with Crippen molar-refractivity contribution in [2.24, 2.45) is 0 Å². The molecule has 0 amide bonds. The van der Waals surface area contributed by atoms with E-state index in [1.165, 1.54) is 25.7 Å². The minimum atomic E-state index is -0.279. The number of benzene rings is 1. The van der Waals surface area contributed by atoms with Crippen LogP contribution in [0.2, 0.25) is 0 Å². The Bertz CT molecular complexity index is 432. The lowest BCUT2D eigenvalue weighted by Crippen LogP contribution is -2.45. The lowest BCUT2D eigenvalue weighted by atomic mass is 9.91. The summed E-state index contributed by atoms with van der Waals surface area (Å²) in [5, 5.41) is 3.41. The van der Waals surface area contributed by atoms with E-state index in [0.29, 0.717) is 11.8 Å². The molecule has 1 heterocycles. The molecule has 19 heavy (non-hydrogen) atoms. The molecule has 0 aliphatic carbocycles. The molecule has 2 unspecified atom stereocenters.